The summed E-state index contributed by atoms with van der Waals surface area (Å²) in [5, 5.41) is 9.71. The summed E-state index contributed by atoms with van der Waals surface area (Å²) >= 11 is 0. The Hall–Kier alpha value is -3.06. The normalized spacial score (nSPS) is 10.4. The standard InChI is InChI=1S/C19H15NO3/c1-2-15-9-19(21)23-18-10-16(7-8-17(15)18)22-12-14-5-3-13(11-20)4-6-14/h3-10H,2,12H2,1H3. The van der Waals surface area contributed by atoms with Gasteiger partial charge in [0.05, 0.1) is 11.6 Å². The molecule has 1 heterocycles. The van der Waals surface area contributed by atoms with Crippen molar-refractivity contribution in [3.8, 4) is 11.8 Å². The average molecular weight is 305 g/mol. The molecule has 0 amide bonds. The predicted octanol–water partition coefficient (Wildman–Crippen LogP) is 3.81. The zero-order chi connectivity index (χ0) is 16.2. The van der Waals surface area contributed by atoms with Crippen LogP contribution in [0, 0.1) is 11.3 Å². The van der Waals surface area contributed by atoms with Crippen LogP contribution in [0.1, 0.15) is 23.6 Å². The third kappa shape index (κ3) is 3.24. The molecule has 0 saturated heterocycles. The largest absolute Gasteiger partial charge is 0.489 e. The van der Waals surface area contributed by atoms with Crippen LogP contribution >= 0.6 is 0 Å². The SMILES string of the molecule is CCc1cc(=O)oc2cc(OCc3ccc(C#N)cc3)ccc12. The van der Waals surface area contributed by atoms with E-state index in [1.807, 2.05) is 31.2 Å². The van der Waals surface area contributed by atoms with Gasteiger partial charge in [0.1, 0.15) is 17.9 Å². The van der Waals surface area contributed by atoms with Crippen molar-refractivity contribution in [2.75, 3.05) is 0 Å². The maximum atomic E-state index is 11.6. The fraction of sp³-hybridized carbons (Fsp3) is 0.158. The molecule has 4 nitrogen and oxygen atoms in total. The van der Waals surface area contributed by atoms with Crippen LogP contribution in [0.2, 0.25) is 0 Å². The van der Waals surface area contributed by atoms with Crippen LogP contribution < -0.4 is 10.4 Å². The quantitative estimate of drug-likeness (QED) is 0.688. The molecule has 4 heteroatoms. The van der Waals surface area contributed by atoms with Gasteiger partial charge < -0.3 is 9.15 Å². The Morgan fingerprint density at radius 2 is 1.91 bits per heavy atom. The molecule has 0 saturated carbocycles. The highest BCUT2D eigenvalue weighted by atomic mass is 16.5. The molecule has 1 aromatic heterocycles. The van der Waals surface area contributed by atoms with Crippen LogP contribution in [0.5, 0.6) is 5.75 Å². The first-order valence-corrected chi connectivity index (χ1v) is 7.38. The second-order valence-electron chi connectivity index (χ2n) is 5.20. The number of hydrogen-bond acceptors (Lipinski definition) is 4. The lowest BCUT2D eigenvalue weighted by Crippen LogP contribution is -2.00. The van der Waals surface area contributed by atoms with Gasteiger partial charge in [-0.2, -0.15) is 5.26 Å². The summed E-state index contributed by atoms with van der Waals surface area (Å²) in [6, 6.07) is 16.3. The fourth-order valence-electron chi connectivity index (χ4n) is 2.43. The third-order valence-corrected chi connectivity index (χ3v) is 3.67. The summed E-state index contributed by atoms with van der Waals surface area (Å²) in [6.45, 7) is 2.39. The van der Waals surface area contributed by atoms with Crippen molar-refractivity contribution >= 4 is 11.0 Å². The number of nitrogens with zero attached hydrogens (tertiary/aromatic N) is 1. The topological polar surface area (TPSA) is 63.2 Å². The van der Waals surface area contributed by atoms with E-state index < -0.39 is 0 Å². The van der Waals surface area contributed by atoms with E-state index >= 15 is 0 Å². The van der Waals surface area contributed by atoms with Crippen LogP contribution in [-0.2, 0) is 13.0 Å². The van der Waals surface area contributed by atoms with Crippen molar-refractivity contribution in [2.24, 2.45) is 0 Å². The van der Waals surface area contributed by atoms with Crippen LogP contribution in [0.15, 0.2) is 57.7 Å². The Morgan fingerprint density at radius 3 is 2.61 bits per heavy atom. The van der Waals surface area contributed by atoms with Gasteiger partial charge in [0.2, 0.25) is 0 Å². The van der Waals surface area contributed by atoms with Crippen LogP contribution in [0.25, 0.3) is 11.0 Å². The van der Waals surface area contributed by atoms with Crippen molar-refractivity contribution in [1.82, 2.24) is 0 Å². The molecule has 0 bridgehead atoms. The van der Waals surface area contributed by atoms with E-state index in [2.05, 4.69) is 6.07 Å². The molecule has 0 aliphatic rings. The van der Waals surface area contributed by atoms with Gasteiger partial charge in [-0.25, -0.2) is 4.79 Å². The van der Waals surface area contributed by atoms with Gasteiger partial charge in [-0.3, -0.25) is 0 Å². The number of hydrogen-bond donors (Lipinski definition) is 0. The number of fused-ring (bicyclic) bond motifs is 1. The van der Waals surface area contributed by atoms with Crippen molar-refractivity contribution in [2.45, 2.75) is 20.0 Å². The van der Waals surface area contributed by atoms with E-state index in [0.29, 0.717) is 23.5 Å². The molecule has 0 fully saturated rings. The van der Waals surface area contributed by atoms with Crippen molar-refractivity contribution in [1.29, 1.82) is 5.26 Å². The summed E-state index contributed by atoms with van der Waals surface area (Å²) in [4.78, 5) is 11.6. The van der Waals surface area contributed by atoms with Gasteiger partial charge in [0.15, 0.2) is 0 Å². The third-order valence-electron chi connectivity index (χ3n) is 3.67. The van der Waals surface area contributed by atoms with E-state index in [1.54, 1.807) is 18.2 Å². The predicted molar refractivity (Wildman–Crippen MR) is 87.4 cm³/mol. The van der Waals surface area contributed by atoms with E-state index in [1.165, 1.54) is 6.07 Å². The number of ether oxygens (including phenoxy) is 1. The molecule has 23 heavy (non-hydrogen) atoms. The van der Waals surface area contributed by atoms with Gasteiger partial charge in [0, 0.05) is 17.5 Å². The van der Waals surface area contributed by atoms with Crippen molar-refractivity contribution in [3.05, 3.63) is 75.6 Å². The van der Waals surface area contributed by atoms with Gasteiger partial charge >= 0.3 is 5.63 Å². The van der Waals surface area contributed by atoms with Crippen molar-refractivity contribution in [3.63, 3.8) is 0 Å². The molecule has 0 radical (unpaired) electrons. The van der Waals surface area contributed by atoms with E-state index in [-0.39, 0.29) is 5.63 Å². The van der Waals surface area contributed by atoms with Crippen molar-refractivity contribution < 1.29 is 9.15 Å². The highest BCUT2D eigenvalue weighted by Gasteiger charge is 2.06. The fourth-order valence-corrected chi connectivity index (χ4v) is 2.43. The lowest BCUT2D eigenvalue weighted by atomic mass is 10.1. The minimum atomic E-state index is -0.349. The Balaban J connectivity index is 1.83. The Morgan fingerprint density at radius 1 is 1.13 bits per heavy atom. The Labute approximate surface area is 133 Å². The number of nitriles is 1. The van der Waals surface area contributed by atoms with Crippen LogP contribution in [-0.4, -0.2) is 0 Å². The maximum Gasteiger partial charge on any atom is 0.336 e. The summed E-state index contributed by atoms with van der Waals surface area (Å²) < 4.78 is 11.0. The number of aryl methyl sites for hydroxylation is 1. The summed E-state index contributed by atoms with van der Waals surface area (Å²) in [5.74, 6) is 0.637. The molecule has 0 N–H and O–H groups in total. The second kappa shape index (κ2) is 6.37. The van der Waals surface area contributed by atoms with Gasteiger partial charge in [0.25, 0.3) is 0 Å². The highest BCUT2D eigenvalue weighted by molar-refractivity contribution is 5.81. The Bertz CT molecular complexity index is 933. The first-order valence-electron chi connectivity index (χ1n) is 7.38. The molecule has 3 rings (SSSR count). The first kappa shape index (κ1) is 14.9. The van der Waals surface area contributed by atoms with Gasteiger partial charge in [-0.1, -0.05) is 19.1 Å². The molecular formula is C19H15NO3. The monoisotopic (exact) mass is 305 g/mol. The molecule has 0 unspecified atom stereocenters. The molecule has 0 aliphatic heterocycles. The second-order valence-corrected chi connectivity index (χ2v) is 5.20. The van der Waals surface area contributed by atoms with E-state index in [0.717, 1.165) is 22.9 Å². The minimum absolute atomic E-state index is 0.349. The Kier molecular flexibility index (Phi) is 4.11. The van der Waals surface area contributed by atoms with E-state index in [4.69, 9.17) is 14.4 Å². The first-order chi connectivity index (χ1) is 11.2. The minimum Gasteiger partial charge on any atom is -0.489 e. The van der Waals surface area contributed by atoms with Gasteiger partial charge in [-0.05, 0) is 41.8 Å². The highest BCUT2D eigenvalue weighted by Crippen LogP contribution is 2.23. The molecule has 0 spiro atoms. The summed E-state index contributed by atoms with van der Waals surface area (Å²) in [7, 11) is 0. The summed E-state index contributed by atoms with van der Waals surface area (Å²) in [6.07, 6.45) is 0.771. The molecule has 3 aromatic rings. The number of benzene rings is 2. The number of rotatable bonds is 4. The lowest BCUT2D eigenvalue weighted by Gasteiger charge is -2.08. The van der Waals surface area contributed by atoms with Crippen LogP contribution in [0.3, 0.4) is 0 Å². The van der Waals surface area contributed by atoms with Gasteiger partial charge in [-0.15, -0.1) is 0 Å². The lowest BCUT2D eigenvalue weighted by molar-refractivity contribution is 0.306. The zero-order valence-corrected chi connectivity index (χ0v) is 12.7. The maximum absolute atomic E-state index is 11.6. The molecule has 114 valence electrons. The van der Waals surface area contributed by atoms with Crippen LogP contribution in [0.4, 0.5) is 0 Å². The zero-order valence-electron chi connectivity index (χ0n) is 12.7. The summed E-state index contributed by atoms with van der Waals surface area (Å²) in [5.41, 5.74) is 2.74. The molecule has 0 aliphatic carbocycles. The average Bonchev–Trinajstić information content (AvgIpc) is 2.59. The van der Waals surface area contributed by atoms with E-state index in [9.17, 15) is 4.79 Å². The smallest absolute Gasteiger partial charge is 0.336 e. The molecule has 2 aromatic carbocycles. The molecular weight excluding hydrogens is 290 g/mol. The molecule has 0 atom stereocenters.